The molecular weight excluding hydrogens is 354 g/mol. The van der Waals surface area contributed by atoms with Gasteiger partial charge in [0.15, 0.2) is 11.5 Å². The van der Waals surface area contributed by atoms with Gasteiger partial charge in [-0.05, 0) is 41.8 Å². The summed E-state index contributed by atoms with van der Waals surface area (Å²) in [4.78, 5) is 16.7. The van der Waals surface area contributed by atoms with Gasteiger partial charge in [-0.3, -0.25) is 4.79 Å². The number of anilines is 1. The zero-order valence-electron chi connectivity index (χ0n) is 15.4. The molecule has 142 valence electrons. The number of hydrogen-bond acceptors (Lipinski definition) is 5. The standard InChI is InChI=1S/C22H21N3O3/c26-22(24-10-8-16-4-2-1-3-5-16)18-9-11-23-21(13-18)25-14-17-6-7-19-20(12-17)28-15-27-19/h1-7,9,11-13H,8,10,14-15H2,(H,23,25)(H,24,26). The zero-order valence-corrected chi connectivity index (χ0v) is 15.4. The van der Waals surface area contributed by atoms with Crippen molar-refractivity contribution in [1.29, 1.82) is 0 Å². The molecule has 2 heterocycles. The van der Waals surface area contributed by atoms with Crippen LogP contribution in [0.25, 0.3) is 0 Å². The highest BCUT2D eigenvalue weighted by molar-refractivity contribution is 5.94. The van der Waals surface area contributed by atoms with Crippen molar-refractivity contribution in [3.63, 3.8) is 0 Å². The second-order valence-corrected chi connectivity index (χ2v) is 6.46. The van der Waals surface area contributed by atoms with Gasteiger partial charge in [-0.15, -0.1) is 0 Å². The number of carbonyl (C=O) groups is 1. The Kier molecular flexibility index (Phi) is 5.38. The maximum Gasteiger partial charge on any atom is 0.251 e. The van der Waals surface area contributed by atoms with E-state index >= 15 is 0 Å². The molecule has 1 aliphatic rings. The summed E-state index contributed by atoms with van der Waals surface area (Å²) >= 11 is 0. The zero-order chi connectivity index (χ0) is 19.2. The van der Waals surface area contributed by atoms with Gasteiger partial charge in [0.2, 0.25) is 6.79 Å². The Labute approximate surface area is 163 Å². The average Bonchev–Trinajstić information content (AvgIpc) is 3.21. The quantitative estimate of drug-likeness (QED) is 0.662. The van der Waals surface area contributed by atoms with Crippen molar-refractivity contribution in [3.8, 4) is 11.5 Å². The van der Waals surface area contributed by atoms with E-state index in [0.717, 1.165) is 23.5 Å². The molecule has 3 aromatic rings. The van der Waals surface area contributed by atoms with Gasteiger partial charge < -0.3 is 20.1 Å². The first kappa shape index (κ1) is 17.9. The lowest BCUT2D eigenvalue weighted by molar-refractivity contribution is 0.0954. The molecule has 4 rings (SSSR count). The van der Waals surface area contributed by atoms with Crippen molar-refractivity contribution in [2.24, 2.45) is 0 Å². The fraction of sp³-hybridized carbons (Fsp3) is 0.182. The maximum atomic E-state index is 12.4. The molecule has 6 heteroatoms. The van der Waals surface area contributed by atoms with E-state index in [0.29, 0.717) is 24.5 Å². The molecule has 28 heavy (non-hydrogen) atoms. The molecule has 0 spiro atoms. The monoisotopic (exact) mass is 375 g/mol. The number of carbonyl (C=O) groups excluding carboxylic acids is 1. The summed E-state index contributed by atoms with van der Waals surface area (Å²) in [5.41, 5.74) is 2.82. The van der Waals surface area contributed by atoms with Gasteiger partial charge in [0.25, 0.3) is 5.91 Å². The van der Waals surface area contributed by atoms with Crippen LogP contribution in [-0.4, -0.2) is 24.2 Å². The van der Waals surface area contributed by atoms with Crippen molar-refractivity contribution < 1.29 is 14.3 Å². The van der Waals surface area contributed by atoms with Crippen LogP contribution in [0.15, 0.2) is 66.9 Å². The van der Waals surface area contributed by atoms with Crippen LogP contribution in [0.1, 0.15) is 21.5 Å². The van der Waals surface area contributed by atoms with Gasteiger partial charge in [-0.25, -0.2) is 4.98 Å². The molecule has 0 saturated carbocycles. The Morgan fingerprint density at radius 2 is 1.82 bits per heavy atom. The summed E-state index contributed by atoms with van der Waals surface area (Å²) in [6.07, 6.45) is 2.43. The van der Waals surface area contributed by atoms with E-state index in [1.807, 2.05) is 36.4 Å². The Morgan fingerprint density at radius 3 is 2.71 bits per heavy atom. The summed E-state index contributed by atoms with van der Waals surface area (Å²) in [6, 6.07) is 19.4. The Bertz CT molecular complexity index is 960. The van der Waals surface area contributed by atoms with Crippen molar-refractivity contribution in [1.82, 2.24) is 10.3 Å². The number of hydrogen-bond donors (Lipinski definition) is 2. The molecule has 0 radical (unpaired) electrons. The summed E-state index contributed by atoms with van der Waals surface area (Å²) in [6.45, 7) is 1.42. The lowest BCUT2D eigenvalue weighted by Gasteiger charge is -2.09. The first-order chi connectivity index (χ1) is 13.8. The van der Waals surface area contributed by atoms with Crippen molar-refractivity contribution in [2.75, 3.05) is 18.7 Å². The minimum Gasteiger partial charge on any atom is -0.454 e. The van der Waals surface area contributed by atoms with Crippen LogP contribution in [0.4, 0.5) is 5.82 Å². The lowest BCUT2D eigenvalue weighted by Crippen LogP contribution is -2.25. The summed E-state index contributed by atoms with van der Waals surface area (Å²) in [5.74, 6) is 2.05. The van der Waals surface area contributed by atoms with E-state index in [4.69, 9.17) is 9.47 Å². The highest BCUT2D eigenvalue weighted by atomic mass is 16.7. The molecule has 1 amide bonds. The molecule has 2 aromatic carbocycles. The third-order valence-corrected chi connectivity index (χ3v) is 4.47. The van der Waals surface area contributed by atoms with E-state index < -0.39 is 0 Å². The van der Waals surface area contributed by atoms with Gasteiger partial charge in [0.1, 0.15) is 5.82 Å². The van der Waals surface area contributed by atoms with E-state index in [-0.39, 0.29) is 12.7 Å². The highest BCUT2D eigenvalue weighted by Gasteiger charge is 2.13. The van der Waals surface area contributed by atoms with Crippen LogP contribution in [0, 0.1) is 0 Å². The highest BCUT2D eigenvalue weighted by Crippen LogP contribution is 2.32. The van der Waals surface area contributed by atoms with Crippen molar-refractivity contribution >= 4 is 11.7 Å². The first-order valence-electron chi connectivity index (χ1n) is 9.18. The van der Waals surface area contributed by atoms with Gasteiger partial charge >= 0.3 is 0 Å². The van der Waals surface area contributed by atoms with E-state index in [2.05, 4.69) is 27.8 Å². The maximum absolute atomic E-state index is 12.4. The number of amides is 1. The minimum absolute atomic E-state index is 0.107. The smallest absolute Gasteiger partial charge is 0.251 e. The predicted molar refractivity (Wildman–Crippen MR) is 107 cm³/mol. The molecule has 1 aliphatic heterocycles. The average molecular weight is 375 g/mol. The van der Waals surface area contributed by atoms with Gasteiger partial charge in [-0.2, -0.15) is 0 Å². The van der Waals surface area contributed by atoms with E-state index in [1.165, 1.54) is 5.56 Å². The predicted octanol–water partition coefficient (Wildman–Crippen LogP) is 3.39. The van der Waals surface area contributed by atoms with Gasteiger partial charge in [0, 0.05) is 24.8 Å². The van der Waals surface area contributed by atoms with Crippen molar-refractivity contribution in [2.45, 2.75) is 13.0 Å². The SMILES string of the molecule is O=C(NCCc1ccccc1)c1ccnc(NCc2ccc3c(c2)OCO3)c1. The Hall–Kier alpha value is -3.54. The number of benzene rings is 2. The molecule has 1 aromatic heterocycles. The molecule has 0 fully saturated rings. The summed E-state index contributed by atoms with van der Waals surface area (Å²) in [7, 11) is 0. The molecule has 0 aliphatic carbocycles. The van der Waals surface area contributed by atoms with Crippen LogP contribution in [0.5, 0.6) is 11.5 Å². The number of fused-ring (bicyclic) bond motifs is 1. The number of ether oxygens (including phenoxy) is 2. The van der Waals surface area contributed by atoms with Gasteiger partial charge in [0.05, 0.1) is 0 Å². The largest absolute Gasteiger partial charge is 0.454 e. The van der Waals surface area contributed by atoms with E-state index in [9.17, 15) is 4.79 Å². The third kappa shape index (κ3) is 4.40. The molecular formula is C22H21N3O3. The van der Waals surface area contributed by atoms with E-state index in [1.54, 1.807) is 18.3 Å². The minimum atomic E-state index is -0.107. The Morgan fingerprint density at radius 1 is 0.964 bits per heavy atom. The number of rotatable bonds is 7. The topological polar surface area (TPSA) is 72.5 Å². The number of nitrogens with one attached hydrogen (secondary N) is 2. The van der Waals surface area contributed by atoms with Crippen LogP contribution in [-0.2, 0) is 13.0 Å². The Balaban J connectivity index is 1.31. The molecule has 0 atom stereocenters. The van der Waals surface area contributed by atoms with Crippen LogP contribution in [0.3, 0.4) is 0 Å². The third-order valence-electron chi connectivity index (χ3n) is 4.47. The normalized spacial score (nSPS) is 11.9. The van der Waals surface area contributed by atoms with Crippen LogP contribution < -0.4 is 20.1 Å². The fourth-order valence-electron chi connectivity index (χ4n) is 2.98. The van der Waals surface area contributed by atoms with Crippen LogP contribution >= 0.6 is 0 Å². The van der Waals surface area contributed by atoms with Gasteiger partial charge in [-0.1, -0.05) is 36.4 Å². The first-order valence-corrected chi connectivity index (χ1v) is 9.18. The second-order valence-electron chi connectivity index (χ2n) is 6.46. The number of nitrogens with zero attached hydrogens (tertiary/aromatic N) is 1. The summed E-state index contributed by atoms with van der Waals surface area (Å²) in [5, 5.41) is 6.19. The second kappa shape index (κ2) is 8.43. The lowest BCUT2D eigenvalue weighted by atomic mass is 10.1. The molecule has 0 saturated heterocycles. The molecule has 6 nitrogen and oxygen atoms in total. The van der Waals surface area contributed by atoms with Crippen molar-refractivity contribution in [3.05, 3.63) is 83.6 Å². The fourth-order valence-corrected chi connectivity index (χ4v) is 2.98. The summed E-state index contributed by atoms with van der Waals surface area (Å²) < 4.78 is 10.7. The molecule has 0 bridgehead atoms. The molecule has 2 N–H and O–H groups in total. The number of pyridine rings is 1. The number of aromatic nitrogens is 1. The molecule has 0 unspecified atom stereocenters. The van der Waals surface area contributed by atoms with Crippen LogP contribution in [0.2, 0.25) is 0 Å².